The maximum absolute atomic E-state index is 11.8. The third-order valence-electron chi connectivity index (χ3n) is 3.19. The Morgan fingerprint density at radius 2 is 2.31 bits per heavy atom. The number of methoxy groups -OCH3 is 1. The number of hydrogen-bond acceptors (Lipinski definition) is 3. The maximum Gasteiger partial charge on any atom is 0.319 e. The van der Waals surface area contributed by atoms with Crippen molar-refractivity contribution in [3.8, 4) is 0 Å². The van der Waals surface area contributed by atoms with Crippen LogP contribution < -0.4 is 0 Å². The average molecular weight is 216 g/mol. The molecule has 1 aliphatic carbocycles. The largest absolute Gasteiger partial charge is 0.468 e. The van der Waals surface area contributed by atoms with Gasteiger partial charge in [-0.25, -0.2) is 4.98 Å². The summed E-state index contributed by atoms with van der Waals surface area (Å²) in [5, 5.41) is 0. The van der Waals surface area contributed by atoms with E-state index in [1.165, 1.54) is 7.11 Å². The van der Waals surface area contributed by atoms with Gasteiger partial charge in [0.2, 0.25) is 0 Å². The van der Waals surface area contributed by atoms with Crippen LogP contribution in [0.25, 0.3) is 5.52 Å². The Hall–Kier alpha value is -1.84. The van der Waals surface area contributed by atoms with E-state index >= 15 is 0 Å². The number of nitrogens with zero attached hydrogens (tertiary/aromatic N) is 2. The van der Waals surface area contributed by atoms with E-state index in [2.05, 4.69) is 4.98 Å². The van der Waals surface area contributed by atoms with Crippen LogP contribution in [-0.4, -0.2) is 22.5 Å². The monoisotopic (exact) mass is 216 g/mol. The molecule has 4 nitrogen and oxygen atoms in total. The SMILES string of the molecule is COC(=O)C1(c2ncc3ccccn23)CC1. The second-order valence-electron chi connectivity index (χ2n) is 4.15. The van der Waals surface area contributed by atoms with Crippen molar-refractivity contribution >= 4 is 11.5 Å². The van der Waals surface area contributed by atoms with Crippen LogP contribution in [0.4, 0.5) is 0 Å². The molecule has 0 N–H and O–H groups in total. The molecule has 3 rings (SSSR count). The van der Waals surface area contributed by atoms with E-state index in [4.69, 9.17) is 4.74 Å². The first kappa shape index (κ1) is 9.39. The lowest BCUT2D eigenvalue weighted by Gasteiger charge is -2.11. The van der Waals surface area contributed by atoms with Crippen molar-refractivity contribution in [1.29, 1.82) is 0 Å². The summed E-state index contributed by atoms with van der Waals surface area (Å²) in [7, 11) is 1.43. The average Bonchev–Trinajstić information content (AvgIpc) is 3.02. The Labute approximate surface area is 92.9 Å². The predicted octanol–water partition coefficient (Wildman–Crippen LogP) is 1.54. The molecule has 1 aliphatic rings. The van der Waals surface area contributed by atoms with Gasteiger partial charge in [0.25, 0.3) is 0 Å². The fourth-order valence-corrected chi connectivity index (χ4v) is 2.14. The molecule has 1 saturated carbocycles. The minimum absolute atomic E-state index is 0.177. The lowest BCUT2D eigenvalue weighted by atomic mass is 10.1. The standard InChI is InChI=1S/C12H12N2O2/c1-16-11(15)12(5-6-12)10-13-8-9-4-2-3-7-14(9)10/h2-4,7-8H,5-6H2,1H3. The molecule has 0 saturated heterocycles. The van der Waals surface area contributed by atoms with Crippen molar-refractivity contribution in [2.45, 2.75) is 18.3 Å². The minimum atomic E-state index is -0.498. The lowest BCUT2D eigenvalue weighted by molar-refractivity contribution is -0.143. The smallest absolute Gasteiger partial charge is 0.319 e. The highest BCUT2D eigenvalue weighted by Gasteiger charge is 2.55. The molecule has 0 amide bonds. The number of hydrogen-bond donors (Lipinski definition) is 0. The Balaban J connectivity index is 2.16. The number of ether oxygens (including phenoxy) is 1. The molecule has 0 atom stereocenters. The van der Waals surface area contributed by atoms with Crippen molar-refractivity contribution in [2.75, 3.05) is 7.11 Å². The summed E-state index contributed by atoms with van der Waals surface area (Å²) >= 11 is 0. The Morgan fingerprint density at radius 1 is 1.50 bits per heavy atom. The van der Waals surface area contributed by atoms with Gasteiger partial charge in [-0.2, -0.15) is 0 Å². The van der Waals surface area contributed by atoms with Gasteiger partial charge in [0.05, 0.1) is 18.8 Å². The van der Waals surface area contributed by atoms with Crippen LogP contribution in [0.15, 0.2) is 30.6 Å². The predicted molar refractivity (Wildman–Crippen MR) is 58.1 cm³/mol. The first-order valence-electron chi connectivity index (χ1n) is 5.29. The number of pyridine rings is 1. The van der Waals surface area contributed by atoms with Crippen molar-refractivity contribution in [1.82, 2.24) is 9.38 Å². The highest BCUT2D eigenvalue weighted by atomic mass is 16.5. The van der Waals surface area contributed by atoms with Crippen LogP contribution in [0.3, 0.4) is 0 Å². The molecule has 2 aromatic rings. The van der Waals surface area contributed by atoms with Crippen LogP contribution in [0.5, 0.6) is 0 Å². The van der Waals surface area contributed by atoms with Crippen molar-refractivity contribution in [2.24, 2.45) is 0 Å². The fourth-order valence-electron chi connectivity index (χ4n) is 2.14. The summed E-state index contributed by atoms with van der Waals surface area (Å²) in [6.45, 7) is 0. The van der Waals surface area contributed by atoms with Gasteiger partial charge in [-0.1, -0.05) is 6.07 Å². The first-order valence-corrected chi connectivity index (χ1v) is 5.29. The summed E-state index contributed by atoms with van der Waals surface area (Å²) in [6.07, 6.45) is 5.38. The van der Waals surface area contributed by atoms with E-state index in [0.29, 0.717) is 0 Å². The van der Waals surface area contributed by atoms with Gasteiger partial charge in [0.1, 0.15) is 11.2 Å². The molecule has 0 aromatic carbocycles. The van der Waals surface area contributed by atoms with Crippen LogP contribution in [0.2, 0.25) is 0 Å². The second-order valence-corrected chi connectivity index (χ2v) is 4.15. The molecule has 0 spiro atoms. The number of fused-ring (bicyclic) bond motifs is 1. The Morgan fingerprint density at radius 3 is 3.00 bits per heavy atom. The molecular weight excluding hydrogens is 204 g/mol. The van der Waals surface area contributed by atoms with Crippen molar-refractivity contribution in [3.63, 3.8) is 0 Å². The second kappa shape index (κ2) is 3.07. The lowest BCUT2D eigenvalue weighted by Crippen LogP contribution is -2.24. The molecular formula is C12H12N2O2. The van der Waals surface area contributed by atoms with Gasteiger partial charge < -0.3 is 9.14 Å². The van der Waals surface area contributed by atoms with E-state index < -0.39 is 5.41 Å². The van der Waals surface area contributed by atoms with Gasteiger partial charge in [-0.15, -0.1) is 0 Å². The normalized spacial score (nSPS) is 17.3. The third-order valence-corrected chi connectivity index (χ3v) is 3.19. The summed E-state index contributed by atoms with van der Waals surface area (Å²) in [4.78, 5) is 16.1. The summed E-state index contributed by atoms with van der Waals surface area (Å²) in [5.41, 5.74) is 0.510. The van der Waals surface area contributed by atoms with Crippen molar-refractivity contribution < 1.29 is 9.53 Å². The topological polar surface area (TPSA) is 43.6 Å². The summed E-state index contributed by atoms with van der Waals surface area (Å²) in [5.74, 6) is 0.624. The maximum atomic E-state index is 11.8. The highest BCUT2D eigenvalue weighted by molar-refractivity contribution is 5.85. The van der Waals surface area contributed by atoms with E-state index in [9.17, 15) is 4.79 Å². The van der Waals surface area contributed by atoms with Crippen LogP contribution in [0.1, 0.15) is 18.7 Å². The van der Waals surface area contributed by atoms with Gasteiger partial charge >= 0.3 is 5.97 Å². The van der Waals surface area contributed by atoms with E-state index in [0.717, 1.165) is 24.2 Å². The number of carbonyl (C=O) groups excluding carboxylic acids is 1. The van der Waals surface area contributed by atoms with Crippen LogP contribution >= 0.6 is 0 Å². The quantitative estimate of drug-likeness (QED) is 0.715. The van der Waals surface area contributed by atoms with E-state index in [-0.39, 0.29) is 5.97 Å². The zero-order chi connectivity index (χ0) is 11.2. The van der Waals surface area contributed by atoms with Crippen LogP contribution in [-0.2, 0) is 14.9 Å². The highest BCUT2D eigenvalue weighted by Crippen LogP contribution is 2.48. The molecule has 16 heavy (non-hydrogen) atoms. The molecule has 2 aromatic heterocycles. The van der Waals surface area contributed by atoms with Gasteiger partial charge in [0, 0.05) is 6.20 Å². The summed E-state index contributed by atoms with van der Waals surface area (Å²) in [6, 6.07) is 5.87. The molecule has 82 valence electrons. The van der Waals surface area contributed by atoms with E-state index in [1.807, 2.05) is 28.8 Å². The third kappa shape index (κ3) is 1.10. The molecule has 0 bridgehead atoms. The number of aromatic nitrogens is 2. The number of carbonyl (C=O) groups is 1. The molecule has 0 aliphatic heterocycles. The van der Waals surface area contributed by atoms with E-state index in [1.54, 1.807) is 6.20 Å². The minimum Gasteiger partial charge on any atom is -0.468 e. The molecule has 0 unspecified atom stereocenters. The molecule has 2 heterocycles. The first-order chi connectivity index (χ1) is 7.78. The van der Waals surface area contributed by atoms with Crippen LogP contribution in [0, 0.1) is 0 Å². The zero-order valence-corrected chi connectivity index (χ0v) is 9.01. The molecule has 0 radical (unpaired) electrons. The molecule has 1 fully saturated rings. The summed E-state index contributed by atoms with van der Waals surface area (Å²) < 4.78 is 6.82. The molecule has 4 heteroatoms. The van der Waals surface area contributed by atoms with Gasteiger partial charge in [-0.05, 0) is 25.0 Å². The fraction of sp³-hybridized carbons (Fsp3) is 0.333. The number of imidazole rings is 1. The van der Waals surface area contributed by atoms with Gasteiger partial charge in [0.15, 0.2) is 0 Å². The Kier molecular flexibility index (Phi) is 1.80. The number of rotatable bonds is 2. The Bertz CT molecular complexity index is 555. The number of esters is 1. The zero-order valence-electron chi connectivity index (χ0n) is 9.01. The van der Waals surface area contributed by atoms with Crippen molar-refractivity contribution in [3.05, 3.63) is 36.4 Å². The van der Waals surface area contributed by atoms with Gasteiger partial charge in [-0.3, -0.25) is 4.79 Å².